The van der Waals surface area contributed by atoms with Gasteiger partial charge in [-0.2, -0.15) is 0 Å². The number of hydrogen-bond acceptors (Lipinski definition) is 4. The monoisotopic (exact) mass is 275 g/mol. The van der Waals surface area contributed by atoms with Gasteiger partial charge in [0.2, 0.25) is 0 Å². The second kappa shape index (κ2) is 7.04. The molecule has 110 valence electrons. The number of pyridine rings is 1. The van der Waals surface area contributed by atoms with Crippen molar-refractivity contribution in [2.75, 3.05) is 38.2 Å². The average molecular weight is 275 g/mol. The number of nitrogens with zero attached hydrogens (tertiary/aromatic N) is 1. The first-order valence-corrected chi connectivity index (χ1v) is 7.93. The highest BCUT2D eigenvalue weighted by Gasteiger charge is 2.13. The number of anilines is 1. The maximum absolute atomic E-state index is 5.76. The summed E-state index contributed by atoms with van der Waals surface area (Å²) in [6, 6.07) is 4.37. The van der Waals surface area contributed by atoms with E-state index in [-0.39, 0.29) is 0 Å². The number of ether oxygens (including phenoxy) is 1. The molecule has 1 aromatic rings. The fraction of sp³-hybridized carbons (Fsp3) is 0.688. The topological polar surface area (TPSA) is 46.2 Å². The zero-order valence-corrected chi connectivity index (χ0v) is 12.2. The lowest BCUT2D eigenvalue weighted by Crippen LogP contribution is -2.14. The highest BCUT2D eigenvalue weighted by atomic mass is 16.5. The van der Waals surface area contributed by atoms with Crippen LogP contribution in [-0.2, 0) is 17.6 Å². The van der Waals surface area contributed by atoms with E-state index < -0.39 is 0 Å². The van der Waals surface area contributed by atoms with Gasteiger partial charge in [-0.1, -0.05) is 6.07 Å². The van der Waals surface area contributed by atoms with E-state index in [1.165, 1.54) is 37.9 Å². The van der Waals surface area contributed by atoms with Crippen LogP contribution in [-0.4, -0.2) is 37.8 Å². The van der Waals surface area contributed by atoms with Gasteiger partial charge in [0, 0.05) is 25.3 Å². The molecule has 0 radical (unpaired) electrons. The lowest BCUT2D eigenvalue weighted by Gasteiger charge is -2.17. The summed E-state index contributed by atoms with van der Waals surface area (Å²) >= 11 is 0. The Morgan fingerprint density at radius 3 is 3.15 bits per heavy atom. The van der Waals surface area contributed by atoms with E-state index in [1.54, 1.807) is 0 Å². The molecule has 4 nitrogen and oxygen atoms in total. The van der Waals surface area contributed by atoms with E-state index in [1.807, 2.05) is 0 Å². The molecule has 1 atom stereocenters. The molecule has 0 aliphatic carbocycles. The molecule has 0 aromatic carbocycles. The smallest absolute Gasteiger partial charge is 0.129 e. The molecule has 3 heterocycles. The molecule has 1 saturated heterocycles. The zero-order chi connectivity index (χ0) is 13.6. The Labute approximate surface area is 121 Å². The Morgan fingerprint density at radius 1 is 1.25 bits per heavy atom. The summed E-state index contributed by atoms with van der Waals surface area (Å²) < 4.78 is 5.76. The molecule has 2 aliphatic heterocycles. The zero-order valence-electron chi connectivity index (χ0n) is 12.2. The standard InChI is InChI=1S/C16H25N3O/c1-2-14-3-4-15(19-16(14)18-8-1)7-11-20-10-6-13-5-9-17-12-13/h3-4,13,17H,1-2,5-12H2,(H,18,19)/t13-/m0/s1. The lowest BCUT2D eigenvalue weighted by molar-refractivity contribution is 0.124. The largest absolute Gasteiger partial charge is 0.381 e. The summed E-state index contributed by atoms with van der Waals surface area (Å²) in [5.74, 6) is 1.91. The first kappa shape index (κ1) is 13.8. The van der Waals surface area contributed by atoms with Gasteiger partial charge in [0.25, 0.3) is 0 Å². The maximum atomic E-state index is 5.76. The number of fused-ring (bicyclic) bond motifs is 1. The summed E-state index contributed by atoms with van der Waals surface area (Å²) in [4.78, 5) is 4.69. The van der Waals surface area contributed by atoms with Crippen LogP contribution < -0.4 is 10.6 Å². The Kier molecular flexibility index (Phi) is 4.87. The molecule has 0 saturated carbocycles. The average Bonchev–Trinajstić information content (AvgIpc) is 3.00. The summed E-state index contributed by atoms with van der Waals surface area (Å²) in [7, 11) is 0. The third-order valence-electron chi connectivity index (χ3n) is 4.29. The van der Waals surface area contributed by atoms with Gasteiger partial charge in [-0.25, -0.2) is 4.98 Å². The third-order valence-corrected chi connectivity index (χ3v) is 4.29. The van der Waals surface area contributed by atoms with Gasteiger partial charge in [-0.05, 0) is 56.3 Å². The van der Waals surface area contributed by atoms with Crippen molar-refractivity contribution in [3.63, 3.8) is 0 Å². The molecule has 0 amide bonds. The van der Waals surface area contributed by atoms with Crippen LogP contribution in [0.5, 0.6) is 0 Å². The van der Waals surface area contributed by atoms with Crippen molar-refractivity contribution in [1.29, 1.82) is 0 Å². The summed E-state index contributed by atoms with van der Waals surface area (Å²) in [6.45, 7) is 5.06. The molecule has 1 fully saturated rings. The molecule has 20 heavy (non-hydrogen) atoms. The van der Waals surface area contributed by atoms with E-state index in [2.05, 4.69) is 27.8 Å². The van der Waals surface area contributed by atoms with Crippen molar-refractivity contribution < 1.29 is 4.74 Å². The highest BCUT2D eigenvalue weighted by molar-refractivity contribution is 5.46. The first-order valence-electron chi connectivity index (χ1n) is 7.93. The normalized spacial score (nSPS) is 21.5. The fourth-order valence-electron chi connectivity index (χ4n) is 3.00. The van der Waals surface area contributed by atoms with Gasteiger partial charge in [0.15, 0.2) is 0 Å². The minimum Gasteiger partial charge on any atom is -0.381 e. The molecule has 4 heteroatoms. The van der Waals surface area contributed by atoms with Crippen LogP contribution in [0.4, 0.5) is 5.82 Å². The number of hydrogen-bond donors (Lipinski definition) is 2. The molecule has 1 aromatic heterocycles. The Hall–Kier alpha value is -1.13. The summed E-state index contributed by atoms with van der Waals surface area (Å²) in [6.07, 6.45) is 5.78. The lowest BCUT2D eigenvalue weighted by atomic mass is 10.1. The molecule has 0 bridgehead atoms. The predicted octanol–water partition coefficient (Wildman–Crippen LogP) is 2.00. The summed E-state index contributed by atoms with van der Waals surface area (Å²) in [5, 5.41) is 6.78. The van der Waals surface area contributed by atoms with Gasteiger partial charge < -0.3 is 15.4 Å². The molecule has 3 rings (SSSR count). The fourth-order valence-corrected chi connectivity index (χ4v) is 3.00. The first-order chi connectivity index (χ1) is 9.92. The SMILES string of the molecule is c1cc2c(nc1CCOCC[C@@H]1CCNC1)NCCC2. The molecular weight excluding hydrogens is 250 g/mol. The Balaban J connectivity index is 1.37. The maximum Gasteiger partial charge on any atom is 0.129 e. The van der Waals surface area contributed by atoms with Crippen LogP contribution in [0.2, 0.25) is 0 Å². The third kappa shape index (κ3) is 3.70. The minimum atomic E-state index is 0.784. The number of aromatic nitrogens is 1. The van der Waals surface area contributed by atoms with E-state index in [0.717, 1.165) is 50.0 Å². The highest BCUT2D eigenvalue weighted by Crippen LogP contribution is 2.19. The molecule has 0 unspecified atom stereocenters. The van der Waals surface area contributed by atoms with Crippen LogP contribution in [0.15, 0.2) is 12.1 Å². The van der Waals surface area contributed by atoms with Gasteiger partial charge in [0.1, 0.15) is 5.82 Å². The van der Waals surface area contributed by atoms with Crippen LogP contribution in [0.1, 0.15) is 30.5 Å². The predicted molar refractivity (Wildman–Crippen MR) is 81.2 cm³/mol. The van der Waals surface area contributed by atoms with Gasteiger partial charge >= 0.3 is 0 Å². The molecule has 2 N–H and O–H groups in total. The quantitative estimate of drug-likeness (QED) is 0.780. The van der Waals surface area contributed by atoms with Crippen molar-refractivity contribution in [2.24, 2.45) is 5.92 Å². The number of nitrogens with one attached hydrogen (secondary N) is 2. The van der Waals surface area contributed by atoms with Gasteiger partial charge in [0.05, 0.1) is 6.61 Å². The molecule has 0 spiro atoms. The Bertz CT molecular complexity index is 430. The molecular formula is C16H25N3O. The summed E-state index contributed by atoms with van der Waals surface area (Å²) in [5.41, 5.74) is 2.50. The minimum absolute atomic E-state index is 0.784. The van der Waals surface area contributed by atoms with Crippen molar-refractivity contribution in [3.05, 3.63) is 23.4 Å². The Morgan fingerprint density at radius 2 is 2.25 bits per heavy atom. The van der Waals surface area contributed by atoms with Crippen molar-refractivity contribution in [1.82, 2.24) is 10.3 Å². The van der Waals surface area contributed by atoms with Gasteiger partial charge in [-0.15, -0.1) is 0 Å². The van der Waals surface area contributed by atoms with E-state index in [0.29, 0.717) is 0 Å². The van der Waals surface area contributed by atoms with Gasteiger partial charge in [-0.3, -0.25) is 0 Å². The second-order valence-corrected chi connectivity index (χ2v) is 5.85. The van der Waals surface area contributed by atoms with Crippen LogP contribution in [0.3, 0.4) is 0 Å². The second-order valence-electron chi connectivity index (χ2n) is 5.85. The van der Waals surface area contributed by atoms with Crippen molar-refractivity contribution in [2.45, 2.75) is 32.1 Å². The van der Waals surface area contributed by atoms with E-state index in [4.69, 9.17) is 4.74 Å². The van der Waals surface area contributed by atoms with Crippen LogP contribution in [0, 0.1) is 5.92 Å². The van der Waals surface area contributed by atoms with E-state index in [9.17, 15) is 0 Å². The number of rotatable bonds is 6. The molecule has 2 aliphatic rings. The van der Waals surface area contributed by atoms with Crippen LogP contribution in [0.25, 0.3) is 0 Å². The van der Waals surface area contributed by atoms with E-state index >= 15 is 0 Å². The van der Waals surface area contributed by atoms with Crippen LogP contribution >= 0.6 is 0 Å². The van der Waals surface area contributed by atoms with Crippen molar-refractivity contribution in [3.8, 4) is 0 Å². The number of aryl methyl sites for hydroxylation is 1. The van der Waals surface area contributed by atoms with Crippen molar-refractivity contribution >= 4 is 5.82 Å².